The highest BCUT2D eigenvalue weighted by Gasteiger charge is 2.01. The predicted molar refractivity (Wildman–Crippen MR) is 71.4 cm³/mol. The van der Waals surface area contributed by atoms with E-state index in [1.807, 2.05) is 6.07 Å². The van der Waals surface area contributed by atoms with E-state index in [-0.39, 0.29) is 5.82 Å². The highest BCUT2D eigenvalue weighted by atomic mass is 19.1. The van der Waals surface area contributed by atoms with Crippen LogP contribution < -0.4 is 0 Å². The Bertz CT molecular complexity index is 396. The van der Waals surface area contributed by atoms with E-state index in [1.54, 1.807) is 19.1 Å². The van der Waals surface area contributed by atoms with Crippen LogP contribution in [-0.4, -0.2) is 0 Å². The number of unbranched alkanes of at least 4 members (excludes halogenated alkanes) is 4. The third-order valence-corrected chi connectivity index (χ3v) is 2.86. The molecule has 0 unspecified atom stereocenters. The minimum atomic E-state index is -0.189. The lowest BCUT2D eigenvalue weighted by molar-refractivity contribution is 0.613. The number of benzene rings is 1. The molecule has 1 heteroatoms. The molecule has 0 saturated carbocycles. The lowest BCUT2D eigenvalue weighted by Gasteiger charge is -2.03. The lowest BCUT2D eigenvalue weighted by Crippen LogP contribution is -1.90. The van der Waals surface area contributed by atoms with E-state index >= 15 is 0 Å². The number of halogens is 1. The van der Waals surface area contributed by atoms with Crippen LogP contribution in [0.15, 0.2) is 18.2 Å². The maximum Gasteiger partial charge on any atom is 0.139 e. The molecule has 0 spiro atoms. The van der Waals surface area contributed by atoms with Gasteiger partial charge in [0.1, 0.15) is 5.82 Å². The molecule has 0 aliphatic heterocycles. The Balaban J connectivity index is 2.44. The van der Waals surface area contributed by atoms with Gasteiger partial charge in [0, 0.05) is 0 Å². The van der Waals surface area contributed by atoms with Gasteiger partial charge in [-0.25, -0.2) is 4.39 Å². The zero-order valence-electron chi connectivity index (χ0n) is 10.9. The van der Waals surface area contributed by atoms with Crippen molar-refractivity contribution in [3.8, 4) is 11.8 Å². The van der Waals surface area contributed by atoms with Gasteiger partial charge < -0.3 is 0 Å². The molecule has 0 aliphatic rings. The molecular formula is C16H21F. The Morgan fingerprint density at radius 2 is 1.88 bits per heavy atom. The summed E-state index contributed by atoms with van der Waals surface area (Å²) in [5.74, 6) is 5.29. The normalized spacial score (nSPS) is 9.82. The standard InChI is InChI=1S/C16H21F/c1-3-5-6-7-8-10-14-11-12-15(9-4-2)16(17)13-14/h11-13H,3,5-8,10H2,1-2H3. The monoisotopic (exact) mass is 232 g/mol. The molecule has 0 saturated heterocycles. The van der Waals surface area contributed by atoms with E-state index < -0.39 is 0 Å². The average molecular weight is 232 g/mol. The second kappa shape index (κ2) is 7.90. The van der Waals surface area contributed by atoms with Crippen molar-refractivity contribution in [2.24, 2.45) is 0 Å². The van der Waals surface area contributed by atoms with Gasteiger partial charge in [-0.2, -0.15) is 0 Å². The van der Waals surface area contributed by atoms with Crippen molar-refractivity contribution in [1.82, 2.24) is 0 Å². The van der Waals surface area contributed by atoms with Gasteiger partial charge in [0.15, 0.2) is 0 Å². The van der Waals surface area contributed by atoms with Crippen LogP contribution in [-0.2, 0) is 6.42 Å². The highest BCUT2D eigenvalue weighted by molar-refractivity contribution is 5.37. The first-order chi connectivity index (χ1) is 8.27. The van der Waals surface area contributed by atoms with Gasteiger partial charge in [0.2, 0.25) is 0 Å². The quantitative estimate of drug-likeness (QED) is 0.492. The maximum absolute atomic E-state index is 13.6. The highest BCUT2D eigenvalue weighted by Crippen LogP contribution is 2.13. The Hall–Kier alpha value is -1.29. The summed E-state index contributed by atoms with van der Waals surface area (Å²) in [6.45, 7) is 3.93. The smallest absolute Gasteiger partial charge is 0.139 e. The summed E-state index contributed by atoms with van der Waals surface area (Å²) in [7, 11) is 0. The summed E-state index contributed by atoms with van der Waals surface area (Å²) >= 11 is 0. The van der Waals surface area contributed by atoms with Crippen LogP contribution in [0.5, 0.6) is 0 Å². The molecule has 0 bridgehead atoms. The maximum atomic E-state index is 13.6. The van der Waals surface area contributed by atoms with E-state index in [1.165, 1.54) is 25.7 Å². The molecule has 0 aliphatic carbocycles. The largest absolute Gasteiger partial charge is 0.206 e. The van der Waals surface area contributed by atoms with Gasteiger partial charge in [-0.05, 0) is 37.5 Å². The van der Waals surface area contributed by atoms with Gasteiger partial charge in [-0.3, -0.25) is 0 Å². The summed E-state index contributed by atoms with van der Waals surface area (Å²) in [5.41, 5.74) is 1.59. The first-order valence-electron chi connectivity index (χ1n) is 6.49. The Morgan fingerprint density at radius 1 is 1.12 bits per heavy atom. The summed E-state index contributed by atoms with van der Waals surface area (Å²) in [4.78, 5) is 0. The molecule has 0 heterocycles. The molecule has 0 radical (unpaired) electrons. The molecule has 1 aromatic rings. The van der Waals surface area contributed by atoms with Crippen molar-refractivity contribution >= 4 is 0 Å². The van der Waals surface area contributed by atoms with Crippen LogP contribution in [0, 0.1) is 17.7 Å². The van der Waals surface area contributed by atoms with Crippen LogP contribution in [0.25, 0.3) is 0 Å². The van der Waals surface area contributed by atoms with Gasteiger partial charge in [0.05, 0.1) is 5.56 Å². The third kappa shape index (κ3) is 5.04. The fourth-order valence-corrected chi connectivity index (χ4v) is 1.88. The predicted octanol–water partition coefficient (Wildman–Crippen LogP) is 4.71. The van der Waals surface area contributed by atoms with Crippen molar-refractivity contribution in [3.05, 3.63) is 35.1 Å². The van der Waals surface area contributed by atoms with Gasteiger partial charge in [-0.1, -0.05) is 44.6 Å². The Morgan fingerprint density at radius 3 is 2.53 bits per heavy atom. The van der Waals surface area contributed by atoms with Crippen LogP contribution >= 0.6 is 0 Å². The molecule has 0 fully saturated rings. The number of aryl methyl sites for hydroxylation is 1. The minimum absolute atomic E-state index is 0.189. The van der Waals surface area contributed by atoms with Gasteiger partial charge in [-0.15, -0.1) is 5.92 Å². The van der Waals surface area contributed by atoms with Crippen LogP contribution in [0.1, 0.15) is 57.1 Å². The molecule has 17 heavy (non-hydrogen) atoms. The fraction of sp³-hybridized carbons (Fsp3) is 0.500. The molecule has 0 aromatic heterocycles. The van der Waals surface area contributed by atoms with Gasteiger partial charge >= 0.3 is 0 Å². The first kappa shape index (κ1) is 13.8. The second-order valence-electron chi connectivity index (χ2n) is 4.35. The van der Waals surface area contributed by atoms with Crippen molar-refractivity contribution in [2.45, 2.75) is 52.4 Å². The molecule has 0 N–H and O–H groups in total. The van der Waals surface area contributed by atoms with Gasteiger partial charge in [0.25, 0.3) is 0 Å². The SMILES string of the molecule is CC#Cc1ccc(CCCCCCC)cc1F. The van der Waals surface area contributed by atoms with Crippen molar-refractivity contribution < 1.29 is 4.39 Å². The summed E-state index contributed by atoms with van der Waals surface area (Å²) in [5, 5.41) is 0. The summed E-state index contributed by atoms with van der Waals surface area (Å²) in [6, 6.07) is 5.40. The van der Waals surface area contributed by atoms with Crippen molar-refractivity contribution in [3.63, 3.8) is 0 Å². The van der Waals surface area contributed by atoms with E-state index in [2.05, 4.69) is 18.8 Å². The molecule has 0 nitrogen and oxygen atoms in total. The van der Waals surface area contributed by atoms with E-state index in [0.29, 0.717) is 5.56 Å². The molecule has 0 atom stereocenters. The van der Waals surface area contributed by atoms with Crippen LogP contribution in [0.3, 0.4) is 0 Å². The molecule has 0 amide bonds. The van der Waals surface area contributed by atoms with Crippen molar-refractivity contribution in [1.29, 1.82) is 0 Å². The lowest BCUT2D eigenvalue weighted by atomic mass is 10.0. The molecule has 1 aromatic carbocycles. The molecule has 92 valence electrons. The third-order valence-electron chi connectivity index (χ3n) is 2.86. The van der Waals surface area contributed by atoms with Crippen LogP contribution in [0.2, 0.25) is 0 Å². The van der Waals surface area contributed by atoms with E-state index in [4.69, 9.17) is 0 Å². The van der Waals surface area contributed by atoms with E-state index in [0.717, 1.165) is 18.4 Å². The first-order valence-corrected chi connectivity index (χ1v) is 6.49. The zero-order chi connectivity index (χ0) is 12.5. The number of rotatable bonds is 6. The molecule has 1 rings (SSSR count). The average Bonchev–Trinajstić information content (AvgIpc) is 2.32. The fourth-order valence-electron chi connectivity index (χ4n) is 1.88. The zero-order valence-corrected chi connectivity index (χ0v) is 10.9. The number of hydrogen-bond donors (Lipinski definition) is 0. The van der Waals surface area contributed by atoms with Crippen LogP contribution in [0.4, 0.5) is 4.39 Å². The minimum Gasteiger partial charge on any atom is -0.206 e. The molecular weight excluding hydrogens is 211 g/mol. The number of hydrogen-bond acceptors (Lipinski definition) is 0. The van der Waals surface area contributed by atoms with Crippen molar-refractivity contribution in [2.75, 3.05) is 0 Å². The second-order valence-corrected chi connectivity index (χ2v) is 4.35. The summed E-state index contributed by atoms with van der Waals surface area (Å²) in [6.07, 6.45) is 7.22. The summed E-state index contributed by atoms with van der Waals surface area (Å²) < 4.78 is 13.6. The Kier molecular flexibility index (Phi) is 6.40. The topological polar surface area (TPSA) is 0 Å². The Labute approximate surface area is 104 Å². The van der Waals surface area contributed by atoms with E-state index in [9.17, 15) is 4.39 Å².